The second-order valence-corrected chi connectivity index (χ2v) is 4.95. The molecule has 0 radical (unpaired) electrons. The van der Waals surface area contributed by atoms with Gasteiger partial charge in [0.15, 0.2) is 5.76 Å². The normalized spacial score (nSPS) is 11.1. The van der Waals surface area contributed by atoms with Gasteiger partial charge in [0.1, 0.15) is 5.58 Å². The number of halogens is 1. The predicted molar refractivity (Wildman–Crippen MR) is 80.0 cm³/mol. The lowest BCUT2D eigenvalue weighted by atomic mass is 10.2. The van der Waals surface area contributed by atoms with Crippen molar-refractivity contribution in [3.63, 3.8) is 0 Å². The Hall–Kier alpha value is -2.59. The molecule has 0 aliphatic heterocycles. The van der Waals surface area contributed by atoms with E-state index < -0.39 is 0 Å². The van der Waals surface area contributed by atoms with Gasteiger partial charge in [-0.25, -0.2) is 0 Å². The van der Waals surface area contributed by atoms with Gasteiger partial charge in [0.25, 0.3) is 5.89 Å². The molecule has 4 rings (SSSR count). The largest absolute Gasteiger partial charge is 0.451 e. The smallest absolute Gasteiger partial charge is 0.283 e. The minimum Gasteiger partial charge on any atom is -0.451 e. The van der Waals surface area contributed by atoms with Crippen molar-refractivity contribution in [1.82, 2.24) is 10.2 Å². The molecule has 0 saturated heterocycles. The number of benzene rings is 2. The van der Waals surface area contributed by atoms with Crippen molar-refractivity contribution >= 4 is 22.6 Å². The van der Waals surface area contributed by atoms with Crippen LogP contribution in [0.1, 0.15) is 0 Å². The summed E-state index contributed by atoms with van der Waals surface area (Å²) in [7, 11) is 0. The average Bonchev–Trinajstić information content (AvgIpc) is 3.14. The average molecular weight is 297 g/mol. The molecule has 2 aromatic carbocycles. The van der Waals surface area contributed by atoms with Crippen LogP contribution >= 0.6 is 11.6 Å². The molecule has 5 heteroatoms. The molecule has 4 aromatic rings. The molecule has 2 aromatic heterocycles. The fourth-order valence-corrected chi connectivity index (χ4v) is 2.37. The Morgan fingerprint density at radius 3 is 2.43 bits per heavy atom. The Kier molecular flexibility index (Phi) is 2.75. The fourth-order valence-electron chi connectivity index (χ4n) is 2.15. The predicted octanol–water partition coefficient (Wildman–Crippen LogP) is 4.80. The van der Waals surface area contributed by atoms with E-state index in [-0.39, 0.29) is 0 Å². The van der Waals surface area contributed by atoms with E-state index in [2.05, 4.69) is 10.2 Å². The maximum Gasteiger partial charge on any atom is 0.283 e. The summed E-state index contributed by atoms with van der Waals surface area (Å²) in [4.78, 5) is 0. The van der Waals surface area contributed by atoms with Crippen molar-refractivity contribution in [2.75, 3.05) is 0 Å². The second-order valence-electron chi connectivity index (χ2n) is 4.54. The van der Waals surface area contributed by atoms with E-state index in [0.717, 1.165) is 11.0 Å². The van der Waals surface area contributed by atoms with Crippen LogP contribution in [0.15, 0.2) is 63.4 Å². The Labute approximate surface area is 125 Å². The van der Waals surface area contributed by atoms with E-state index in [1.165, 1.54) is 0 Å². The van der Waals surface area contributed by atoms with Crippen molar-refractivity contribution in [2.24, 2.45) is 0 Å². The maximum absolute atomic E-state index is 6.13. The maximum atomic E-state index is 6.13. The molecule has 0 atom stereocenters. The molecule has 0 spiro atoms. The zero-order valence-corrected chi connectivity index (χ0v) is 11.5. The van der Waals surface area contributed by atoms with Crippen molar-refractivity contribution in [2.45, 2.75) is 0 Å². The van der Waals surface area contributed by atoms with Gasteiger partial charge in [0, 0.05) is 5.39 Å². The lowest BCUT2D eigenvalue weighted by molar-refractivity contribution is 0.542. The summed E-state index contributed by atoms with van der Waals surface area (Å²) < 4.78 is 11.4. The van der Waals surface area contributed by atoms with Crippen LogP contribution in [0.2, 0.25) is 5.02 Å². The molecule has 102 valence electrons. The van der Waals surface area contributed by atoms with Crippen LogP contribution < -0.4 is 0 Å². The summed E-state index contributed by atoms with van der Waals surface area (Å²) in [5.74, 6) is 1.25. The Balaban J connectivity index is 1.79. The van der Waals surface area contributed by atoms with Crippen LogP contribution in [-0.2, 0) is 0 Å². The molecule has 0 saturated carbocycles. The number of hydrogen-bond acceptors (Lipinski definition) is 4. The van der Waals surface area contributed by atoms with Crippen molar-refractivity contribution in [3.05, 3.63) is 59.6 Å². The van der Waals surface area contributed by atoms with Crippen molar-refractivity contribution < 1.29 is 8.83 Å². The van der Waals surface area contributed by atoms with Crippen LogP contribution in [-0.4, -0.2) is 10.2 Å². The Bertz CT molecular complexity index is 894. The Morgan fingerprint density at radius 1 is 0.810 bits per heavy atom. The second kappa shape index (κ2) is 4.75. The molecule has 2 heterocycles. The molecule has 21 heavy (non-hydrogen) atoms. The number of aromatic nitrogens is 2. The molecule has 4 nitrogen and oxygen atoms in total. The number of nitrogens with zero attached hydrogens (tertiary/aromatic N) is 2. The SMILES string of the molecule is Clc1ccccc1-c1nnc(-c2cc3ccccc3o2)o1. The van der Waals surface area contributed by atoms with Gasteiger partial charge in [0.05, 0.1) is 10.6 Å². The van der Waals surface area contributed by atoms with E-state index in [4.69, 9.17) is 20.4 Å². The summed E-state index contributed by atoms with van der Waals surface area (Å²) >= 11 is 6.13. The van der Waals surface area contributed by atoms with E-state index in [1.807, 2.05) is 48.5 Å². The number of para-hydroxylation sites is 1. The van der Waals surface area contributed by atoms with Crippen LogP contribution in [0.3, 0.4) is 0 Å². The monoisotopic (exact) mass is 296 g/mol. The Morgan fingerprint density at radius 2 is 1.57 bits per heavy atom. The van der Waals surface area contributed by atoms with Gasteiger partial charge in [-0.1, -0.05) is 41.9 Å². The molecule has 0 unspecified atom stereocenters. The minimum absolute atomic E-state index is 0.334. The minimum atomic E-state index is 0.334. The summed E-state index contributed by atoms with van der Waals surface area (Å²) in [5.41, 5.74) is 1.49. The third-order valence-corrected chi connectivity index (χ3v) is 3.50. The van der Waals surface area contributed by atoms with Gasteiger partial charge in [0.2, 0.25) is 5.89 Å². The molecule has 0 aliphatic carbocycles. The summed E-state index contributed by atoms with van der Waals surface area (Å²) in [6, 6.07) is 16.9. The van der Waals surface area contributed by atoms with E-state index >= 15 is 0 Å². The quantitative estimate of drug-likeness (QED) is 0.533. The molecule has 0 N–H and O–H groups in total. The zero-order valence-electron chi connectivity index (χ0n) is 10.8. The third-order valence-electron chi connectivity index (χ3n) is 3.17. The van der Waals surface area contributed by atoms with Crippen LogP contribution in [0, 0.1) is 0 Å². The lowest BCUT2D eigenvalue weighted by Crippen LogP contribution is -1.78. The van der Waals surface area contributed by atoms with Gasteiger partial charge >= 0.3 is 0 Å². The van der Waals surface area contributed by atoms with Crippen molar-refractivity contribution in [3.8, 4) is 23.1 Å². The van der Waals surface area contributed by atoms with E-state index in [0.29, 0.717) is 28.1 Å². The summed E-state index contributed by atoms with van der Waals surface area (Å²) in [6.45, 7) is 0. The van der Waals surface area contributed by atoms with Gasteiger partial charge in [-0.3, -0.25) is 0 Å². The zero-order chi connectivity index (χ0) is 14.2. The number of rotatable bonds is 2. The van der Waals surface area contributed by atoms with Crippen LogP contribution in [0.5, 0.6) is 0 Å². The molecule has 0 aliphatic rings. The number of furan rings is 1. The topological polar surface area (TPSA) is 52.1 Å². The van der Waals surface area contributed by atoms with Crippen molar-refractivity contribution in [1.29, 1.82) is 0 Å². The fraction of sp³-hybridized carbons (Fsp3) is 0. The third kappa shape index (κ3) is 2.10. The highest BCUT2D eigenvalue weighted by Crippen LogP contribution is 2.31. The first-order valence-electron chi connectivity index (χ1n) is 6.38. The molecular formula is C16H9ClN2O2. The van der Waals surface area contributed by atoms with Gasteiger partial charge < -0.3 is 8.83 Å². The first-order valence-corrected chi connectivity index (χ1v) is 6.76. The molecular weight excluding hydrogens is 288 g/mol. The summed E-state index contributed by atoms with van der Waals surface area (Å²) in [6.07, 6.45) is 0. The molecule has 0 bridgehead atoms. The number of fused-ring (bicyclic) bond motifs is 1. The molecule has 0 amide bonds. The van der Waals surface area contributed by atoms with E-state index in [1.54, 1.807) is 6.07 Å². The van der Waals surface area contributed by atoms with Gasteiger partial charge in [-0.2, -0.15) is 0 Å². The van der Waals surface area contributed by atoms with E-state index in [9.17, 15) is 0 Å². The highest BCUT2D eigenvalue weighted by atomic mass is 35.5. The summed E-state index contributed by atoms with van der Waals surface area (Å²) in [5, 5.41) is 9.62. The lowest BCUT2D eigenvalue weighted by Gasteiger charge is -1.96. The standard InChI is InChI=1S/C16H9ClN2O2/c17-12-7-3-2-6-11(12)15-18-19-16(21-15)14-9-10-5-1-4-8-13(10)20-14/h1-9H. The first-order chi connectivity index (χ1) is 10.3. The molecule has 0 fully saturated rings. The highest BCUT2D eigenvalue weighted by Gasteiger charge is 2.15. The van der Waals surface area contributed by atoms with Crippen LogP contribution in [0.25, 0.3) is 34.1 Å². The van der Waals surface area contributed by atoms with Gasteiger partial charge in [-0.05, 0) is 24.3 Å². The highest BCUT2D eigenvalue weighted by molar-refractivity contribution is 6.33. The van der Waals surface area contributed by atoms with Gasteiger partial charge in [-0.15, -0.1) is 10.2 Å². The number of hydrogen-bond donors (Lipinski definition) is 0. The first kappa shape index (κ1) is 12.2. The van der Waals surface area contributed by atoms with Crippen LogP contribution in [0.4, 0.5) is 0 Å².